The Kier molecular flexibility index (Phi) is 10.9. The van der Waals surface area contributed by atoms with E-state index in [0.29, 0.717) is 11.1 Å². The predicted octanol–water partition coefficient (Wildman–Crippen LogP) is 9.65. The number of halogens is 3. The lowest BCUT2D eigenvalue weighted by Gasteiger charge is -2.24. The molecular weight excluding hydrogens is 746 g/mol. The highest BCUT2D eigenvalue weighted by atomic mass is 32.2. The monoisotopic (exact) mass is 782 g/mol. The molecule has 5 rings (SSSR count). The summed E-state index contributed by atoms with van der Waals surface area (Å²) in [5, 5.41) is 11.2. The van der Waals surface area contributed by atoms with Gasteiger partial charge in [-0.25, -0.2) is 0 Å². The molecule has 0 spiro atoms. The van der Waals surface area contributed by atoms with Crippen LogP contribution in [0.2, 0.25) is 0 Å². The summed E-state index contributed by atoms with van der Waals surface area (Å²) in [5.41, 5.74) is 0.401. The molecule has 0 atom stereocenters. The molecule has 0 amide bonds. The Hall–Kier alpha value is -5.02. The Bertz CT molecular complexity index is 2660. The van der Waals surface area contributed by atoms with E-state index in [0.717, 1.165) is 41.5 Å². The average Bonchev–Trinajstić information content (AvgIpc) is 3.05. The van der Waals surface area contributed by atoms with Crippen molar-refractivity contribution in [3.05, 3.63) is 122 Å². The molecule has 0 aliphatic carbocycles. The van der Waals surface area contributed by atoms with Crippen LogP contribution in [0.15, 0.2) is 103 Å². The van der Waals surface area contributed by atoms with Crippen molar-refractivity contribution in [3.8, 4) is 39.3 Å². The summed E-state index contributed by atoms with van der Waals surface area (Å²) in [6, 6.07) is 11.7. The number of rotatable bonds is 9. The fourth-order valence-corrected chi connectivity index (χ4v) is 7.66. The summed E-state index contributed by atoms with van der Waals surface area (Å²) in [5.74, 6) is -1.50. The second kappa shape index (κ2) is 14.7. The highest BCUT2D eigenvalue weighted by molar-refractivity contribution is 7.86. The van der Waals surface area contributed by atoms with Crippen LogP contribution in [0.1, 0.15) is 55.5 Å². The van der Waals surface area contributed by atoms with Crippen molar-refractivity contribution in [1.82, 2.24) is 0 Å². The number of hydrogen-bond donors (Lipinski definition) is 3. The molecule has 5 aromatic rings. The SMILES string of the molecule is CC(C)=CCc1c(-c2cc(C)ccc2S(=O)(=O)O)c(CC=C(C)C)c2oc(-c3ccc(C(F)(F)F)cc3)c(O)c(=O)c2c1-c1cc(C)ccc1S(=O)(=O)O. The van der Waals surface area contributed by atoms with E-state index in [1.807, 2.05) is 0 Å². The first-order valence-electron chi connectivity index (χ1n) is 16.5. The second-order valence-electron chi connectivity index (χ2n) is 13.5. The van der Waals surface area contributed by atoms with E-state index in [-0.39, 0.29) is 62.8 Å². The van der Waals surface area contributed by atoms with E-state index in [1.54, 1.807) is 53.7 Å². The summed E-state index contributed by atoms with van der Waals surface area (Å²) < 4.78 is 120. The van der Waals surface area contributed by atoms with E-state index in [2.05, 4.69) is 0 Å². The first kappa shape index (κ1) is 40.2. The number of aryl methyl sites for hydroxylation is 2. The minimum absolute atomic E-state index is 0.0252. The molecule has 4 aromatic carbocycles. The van der Waals surface area contributed by atoms with Gasteiger partial charge in [0.15, 0.2) is 5.76 Å². The van der Waals surface area contributed by atoms with Crippen molar-refractivity contribution in [2.24, 2.45) is 0 Å². The Labute approximate surface area is 310 Å². The van der Waals surface area contributed by atoms with Crippen LogP contribution in [0.5, 0.6) is 5.75 Å². The van der Waals surface area contributed by atoms with Crippen molar-refractivity contribution in [3.63, 3.8) is 0 Å². The number of allylic oxidation sites excluding steroid dienone is 4. The lowest BCUT2D eigenvalue weighted by atomic mass is 9.82. The molecule has 0 saturated carbocycles. The molecule has 0 aliphatic heterocycles. The summed E-state index contributed by atoms with van der Waals surface area (Å²) in [6.45, 7) is 10.5. The van der Waals surface area contributed by atoms with E-state index in [4.69, 9.17) is 4.42 Å². The van der Waals surface area contributed by atoms with E-state index < -0.39 is 58.7 Å². The quantitative estimate of drug-likeness (QED) is 0.0978. The third-order valence-electron chi connectivity index (χ3n) is 8.79. The van der Waals surface area contributed by atoms with Crippen LogP contribution in [-0.4, -0.2) is 31.0 Å². The number of alkyl halides is 3. The van der Waals surface area contributed by atoms with Gasteiger partial charge in [0.05, 0.1) is 10.9 Å². The Balaban J connectivity index is 2.19. The van der Waals surface area contributed by atoms with E-state index in [9.17, 15) is 49.0 Å². The van der Waals surface area contributed by atoms with Gasteiger partial charge in [0, 0.05) is 27.8 Å². The highest BCUT2D eigenvalue weighted by Gasteiger charge is 2.33. The van der Waals surface area contributed by atoms with Crippen molar-refractivity contribution >= 4 is 31.2 Å². The van der Waals surface area contributed by atoms with Gasteiger partial charge in [-0.2, -0.15) is 30.0 Å². The minimum atomic E-state index is -5.00. The van der Waals surface area contributed by atoms with Crippen LogP contribution < -0.4 is 5.43 Å². The van der Waals surface area contributed by atoms with Crippen LogP contribution >= 0.6 is 0 Å². The van der Waals surface area contributed by atoms with E-state index in [1.165, 1.54) is 30.3 Å². The summed E-state index contributed by atoms with van der Waals surface area (Å²) in [4.78, 5) is 13.5. The van der Waals surface area contributed by atoms with Crippen LogP contribution in [0.3, 0.4) is 0 Å². The fourth-order valence-electron chi connectivity index (χ4n) is 6.31. The number of benzene rings is 4. The van der Waals surface area contributed by atoms with Gasteiger partial charge in [0.2, 0.25) is 11.2 Å². The first-order chi connectivity index (χ1) is 25.0. The first-order valence-corrected chi connectivity index (χ1v) is 19.4. The van der Waals surface area contributed by atoms with Crippen LogP contribution in [0.25, 0.3) is 44.5 Å². The van der Waals surface area contributed by atoms with Crippen molar-refractivity contribution in [2.75, 3.05) is 0 Å². The minimum Gasteiger partial charge on any atom is -0.502 e. The molecule has 0 radical (unpaired) electrons. The second-order valence-corrected chi connectivity index (χ2v) is 16.3. The average molecular weight is 783 g/mol. The van der Waals surface area contributed by atoms with Crippen molar-refractivity contribution in [2.45, 2.75) is 70.4 Å². The fraction of sp³-hybridized carbons (Fsp3) is 0.225. The number of fused-ring (bicyclic) bond motifs is 1. The summed E-state index contributed by atoms with van der Waals surface area (Å²) in [7, 11) is -9.94. The van der Waals surface area contributed by atoms with Gasteiger partial charge >= 0.3 is 6.18 Å². The Morgan fingerprint density at radius 3 is 1.63 bits per heavy atom. The zero-order valence-electron chi connectivity index (χ0n) is 30.1. The zero-order valence-corrected chi connectivity index (χ0v) is 31.7. The normalized spacial score (nSPS) is 12.2. The molecule has 3 N–H and O–H groups in total. The van der Waals surface area contributed by atoms with Gasteiger partial charge in [0.1, 0.15) is 15.4 Å². The molecule has 0 aliphatic rings. The molecule has 14 heteroatoms. The third-order valence-corrected chi connectivity index (χ3v) is 10.6. The number of aromatic hydroxyl groups is 1. The summed E-state index contributed by atoms with van der Waals surface area (Å²) in [6.07, 6.45) is -1.27. The number of hydrogen-bond acceptors (Lipinski definition) is 7. The van der Waals surface area contributed by atoms with Gasteiger partial charge in [0.25, 0.3) is 20.2 Å². The standard InChI is InChI=1S/C40H37F3O9S2/c1-21(2)7-15-27-33(29-19-23(5)9-17-31(29)53(46,47)48)28(16-8-22(3)4)39-35(34(27)30-20-24(6)10-18-32(30)54(49,50)51)36(44)37(45)38(52-39)25-11-13-26(14-12-25)40(41,42)43/h7-14,17-20,45H,15-16H2,1-6H3,(H,46,47,48)(H,49,50,51). The van der Waals surface area contributed by atoms with Gasteiger partial charge in [-0.1, -0.05) is 70.8 Å². The van der Waals surface area contributed by atoms with Gasteiger partial charge in [-0.15, -0.1) is 0 Å². The molecule has 284 valence electrons. The molecule has 54 heavy (non-hydrogen) atoms. The smallest absolute Gasteiger partial charge is 0.416 e. The molecule has 0 unspecified atom stereocenters. The van der Waals surface area contributed by atoms with E-state index >= 15 is 0 Å². The lowest BCUT2D eigenvalue weighted by Crippen LogP contribution is -2.13. The van der Waals surface area contributed by atoms with Gasteiger partial charge in [-0.05, 0) is 89.8 Å². The largest absolute Gasteiger partial charge is 0.502 e. The van der Waals surface area contributed by atoms with Crippen molar-refractivity contribution < 1.29 is 48.6 Å². The molecule has 1 heterocycles. The van der Waals surface area contributed by atoms with Gasteiger partial charge in [-0.3, -0.25) is 13.9 Å². The summed E-state index contributed by atoms with van der Waals surface area (Å²) >= 11 is 0. The molecule has 0 fully saturated rings. The molecule has 9 nitrogen and oxygen atoms in total. The lowest BCUT2D eigenvalue weighted by molar-refractivity contribution is -0.137. The Morgan fingerprint density at radius 1 is 0.722 bits per heavy atom. The van der Waals surface area contributed by atoms with Gasteiger partial charge < -0.3 is 9.52 Å². The van der Waals surface area contributed by atoms with Crippen LogP contribution in [-0.2, 0) is 39.3 Å². The highest BCUT2D eigenvalue weighted by Crippen LogP contribution is 2.47. The maximum Gasteiger partial charge on any atom is 0.416 e. The van der Waals surface area contributed by atoms with Crippen LogP contribution in [0, 0.1) is 13.8 Å². The van der Waals surface area contributed by atoms with Crippen LogP contribution in [0.4, 0.5) is 13.2 Å². The third kappa shape index (κ3) is 8.06. The maximum absolute atomic E-state index is 14.6. The zero-order chi connectivity index (χ0) is 40.1. The molecule has 1 aromatic heterocycles. The molecule has 0 bridgehead atoms. The maximum atomic E-state index is 14.6. The van der Waals surface area contributed by atoms with Crippen molar-refractivity contribution in [1.29, 1.82) is 0 Å². The predicted molar refractivity (Wildman–Crippen MR) is 201 cm³/mol. The molecule has 0 saturated heterocycles. The molecular formula is C40H37F3O9S2. The Morgan fingerprint density at radius 2 is 1.19 bits per heavy atom. The topological polar surface area (TPSA) is 159 Å².